The summed E-state index contributed by atoms with van der Waals surface area (Å²) in [5, 5.41) is 16.1. The summed E-state index contributed by atoms with van der Waals surface area (Å²) < 4.78 is 0. The third-order valence-corrected chi connectivity index (χ3v) is 1.04. The molecule has 1 aromatic heterocycles. The highest BCUT2D eigenvalue weighted by Gasteiger charge is 1.91. The Labute approximate surface area is 57.3 Å². The Morgan fingerprint density at radius 3 is 2.89 bits per heavy atom. The topological polar surface area (TPSA) is 46.0 Å². The third-order valence-electron chi connectivity index (χ3n) is 0.834. The van der Waals surface area contributed by atoms with Crippen molar-refractivity contribution in [2.45, 2.75) is 6.61 Å². The molecule has 0 spiro atoms. The molecule has 0 aliphatic rings. The quantitative estimate of drug-likeness (QED) is 0.629. The van der Waals surface area contributed by atoms with Gasteiger partial charge in [0.05, 0.1) is 23.5 Å². The van der Waals surface area contributed by atoms with E-state index in [0.717, 1.165) is 0 Å². The second kappa shape index (κ2) is 2.75. The van der Waals surface area contributed by atoms with Crippen LogP contribution in [0.2, 0.25) is 5.02 Å². The van der Waals surface area contributed by atoms with Gasteiger partial charge in [0.2, 0.25) is 0 Å². The fraction of sp³-hybridized carbons (Fsp3) is 0.200. The van der Waals surface area contributed by atoms with Gasteiger partial charge in [-0.15, -0.1) is 0 Å². The zero-order chi connectivity index (χ0) is 6.69. The van der Waals surface area contributed by atoms with Gasteiger partial charge in [0.1, 0.15) is 0 Å². The van der Waals surface area contributed by atoms with Crippen molar-refractivity contribution in [1.82, 2.24) is 10.2 Å². The molecular formula is C5H5ClN2O. The molecule has 48 valence electrons. The summed E-state index contributed by atoms with van der Waals surface area (Å²) in [4.78, 5) is 0. The Bertz CT molecular complexity index is 204. The fourth-order valence-electron chi connectivity index (χ4n) is 0.461. The van der Waals surface area contributed by atoms with E-state index in [0.29, 0.717) is 10.7 Å². The first-order chi connectivity index (χ1) is 4.33. The van der Waals surface area contributed by atoms with Crippen molar-refractivity contribution in [2.24, 2.45) is 0 Å². The lowest BCUT2D eigenvalue weighted by molar-refractivity contribution is 0.275. The molecule has 3 nitrogen and oxygen atoms in total. The summed E-state index contributed by atoms with van der Waals surface area (Å²) in [5.41, 5.74) is 0.488. The molecule has 0 bridgehead atoms. The summed E-state index contributed by atoms with van der Waals surface area (Å²) >= 11 is 5.51. The van der Waals surface area contributed by atoms with Crippen LogP contribution in [0, 0.1) is 0 Å². The SMILES string of the molecule is OCc1cc(Cl)cnn1. The van der Waals surface area contributed by atoms with Crippen molar-refractivity contribution in [3.05, 3.63) is 23.0 Å². The third kappa shape index (κ3) is 1.62. The number of rotatable bonds is 1. The Kier molecular flexibility index (Phi) is 1.97. The molecule has 0 fully saturated rings. The lowest BCUT2D eigenvalue weighted by Gasteiger charge is -1.90. The summed E-state index contributed by atoms with van der Waals surface area (Å²) in [7, 11) is 0. The maximum absolute atomic E-state index is 8.50. The Hall–Kier alpha value is -0.670. The molecule has 0 aromatic carbocycles. The smallest absolute Gasteiger partial charge is 0.0900 e. The van der Waals surface area contributed by atoms with Gasteiger partial charge in [-0.05, 0) is 6.07 Å². The van der Waals surface area contributed by atoms with Crippen molar-refractivity contribution in [3.63, 3.8) is 0 Å². The van der Waals surface area contributed by atoms with Crippen LogP contribution in [-0.2, 0) is 6.61 Å². The van der Waals surface area contributed by atoms with Gasteiger partial charge in [0.25, 0.3) is 0 Å². The average molecular weight is 145 g/mol. The van der Waals surface area contributed by atoms with E-state index in [4.69, 9.17) is 16.7 Å². The van der Waals surface area contributed by atoms with Crippen LogP contribution in [0.3, 0.4) is 0 Å². The highest BCUT2D eigenvalue weighted by molar-refractivity contribution is 6.30. The van der Waals surface area contributed by atoms with Gasteiger partial charge in [-0.2, -0.15) is 10.2 Å². The van der Waals surface area contributed by atoms with Crippen molar-refractivity contribution >= 4 is 11.6 Å². The van der Waals surface area contributed by atoms with Crippen LogP contribution in [0.15, 0.2) is 12.3 Å². The van der Waals surface area contributed by atoms with E-state index in [1.807, 2.05) is 0 Å². The zero-order valence-electron chi connectivity index (χ0n) is 4.58. The predicted molar refractivity (Wildman–Crippen MR) is 33.0 cm³/mol. The van der Waals surface area contributed by atoms with Crippen LogP contribution in [0.1, 0.15) is 5.69 Å². The van der Waals surface area contributed by atoms with Gasteiger partial charge in [0, 0.05) is 0 Å². The summed E-state index contributed by atoms with van der Waals surface area (Å²) in [6.07, 6.45) is 1.42. The van der Waals surface area contributed by atoms with Gasteiger partial charge in [0.15, 0.2) is 0 Å². The van der Waals surface area contributed by atoms with E-state index in [9.17, 15) is 0 Å². The zero-order valence-corrected chi connectivity index (χ0v) is 5.34. The highest BCUT2D eigenvalue weighted by Crippen LogP contribution is 2.04. The summed E-state index contributed by atoms with van der Waals surface area (Å²) in [6, 6.07) is 1.56. The van der Waals surface area contributed by atoms with Crippen LogP contribution in [0.25, 0.3) is 0 Å². The van der Waals surface area contributed by atoms with Crippen molar-refractivity contribution in [1.29, 1.82) is 0 Å². The average Bonchev–Trinajstić information content (AvgIpc) is 1.88. The first kappa shape index (κ1) is 6.45. The Balaban J connectivity index is 2.94. The number of aromatic nitrogens is 2. The second-order valence-electron chi connectivity index (χ2n) is 1.52. The second-order valence-corrected chi connectivity index (χ2v) is 1.96. The number of hydrogen-bond acceptors (Lipinski definition) is 3. The highest BCUT2D eigenvalue weighted by atomic mass is 35.5. The summed E-state index contributed by atoms with van der Waals surface area (Å²) in [5.74, 6) is 0. The number of aliphatic hydroxyl groups excluding tert-OH is 1. The Morgan fingerprint density at radius 2 is 2.44 bits per heavy atom. The minimum Gasteiger partial charge on any atom is -0.390 e. The van der Waals surface area contributed by atoms with Gasteiger partial charge in [-0.3, -0.25) is 0 Å². The first-order valence-corrected chi connectivity index (χ1v) is 2.78. The summed E-state index contributed by atoms with van der Waals surface area (Å²) in [6.45, 7) is -0.118. The van der Waals surface area contributed by atoms with E-state index in [2.05, 4.69) is 10.2 Å². The van der Waals surface area contributed by atoms with Crippen LogP contribution >= 0.6 is 11.6 Å². The van der Waals surface area contributed by atoms with Crippen LogP contribution in [-0.4, -0.2) is 15.3 Å². The van der Waals surface area contributed by atoms with E-state index in [1.165, 1.54) is 6.20 Å². The van der Waals surface area contributed by atoms with Crippen molar-refractivity contribution in [2.75, 3.05) is 0 Å². The fourth-order valence-corrected chi connectivity index (χ4v) is 0.630. The van der Waals surface area contributed by atoms with Crippen molar-refractivity contribution < 1.29 is 5.11 Å². The predicted octanol–water partition coefficient (Wildman–Crippen LogP) is 0.622. The first-order valence-electron chi connectivity index (χ1n) is 2.41. The minimum atomic E-state index is -0.118. The molecule has 1 rings (SSSR count). The molecule has 0 atom stereocenters. The molecule has 9 heavy (non-hydrogen) atoms. The van der Waals surface area contributed by atoms with Gasteiger partial charge in [-0.1, -0.05) is 11.6 Å². The molecule has 1 heterocycles. The number of nitrogens with zero attached hydrogens (tertiary/aromatic N) is 2. The van der Waals surface area contributed by atoms with Gasteiger partial charge < -0.3 is 5.11 Å². The molecule has 0 aliphatic heterocycles. The number of halogens is 1. The molecule has 1 aromatic rings. The number of aliphatic hydroxyl groups is 1. The molecule has 0 unspecified atom stereocenters. The lowest BCUT2D eigenvalue weighted by atomic mass is 10.4. The monoisotopic (exact) mass is 144 g/mol. The van der Waals surface area contributed by atoms with E-state index < -0.39 is 0 Å². The largest absolute Gasteiger partial charge is 0.390 e. The van der Waals surface area contributed by atoms with Gasteiger partial charge >= 0.3 is 0 Å². The maximum Gasteiger partial charge on any atom is 0.0900 e. The molecule has 4 heteroatoms. The Morgan fingerprint density at radius 1 is 1.67 bits per heavy atom. The minimum absolute atomic E-state index is 0.118. The van der Waals surface area contributed by atoms with Crippen LogP contribution in [0.5, 0.6) is 0 Å². The van der Waals surface area contributed by atoms with E-state index in [1.54, 1.807) is 6.07 Å². The molecule has 0 saturated heterocycles. The van der Waals surface area contributed by atoms with Crippen LogP contribution < -0.4 is 0 Å². The van der Waals surface area contributed by atoms with E-state index >= 15 is 0 Å². The molecular weight excluding hydrogens is 140 g/mol. The van der Waals surface area contributed by atoms with Crippen LogP contribution in [0.4, 0.5) is 0 Å². The lowest BCUT2D eigenvalue weighted by Crippen LogP contribution is -1.90. The molecule has 1 N–H and O–H groups in total. The number of hydrogen-bond donors (Lipinski definition) is 1. The van der Waals surface area contributed by atoms with E-state index in [-0.39, 0.29) is 6.61 Å². The molecule has 0 amide bonds. The molecule has 0 aliphatic carbocycles. The maximum atomic E-state index is 8.50. The molecule has 0 radical (unpaired) electrons. The standard InChI is InChI=1S/C5H5ClN2O/c6-4-1-5(3-9)8-7-2-4/h1-2,9H,3H2. The normalized spacial score (nSPS) is 9.56. The molecule has 0 saturated carbocycles. The van der Waals surface area contributed by atoms with Crippen molar-refractivity contribution in [3.8, 4) is 0 Å². The van der Waals surface area contributed by atoms with Gasteiger partial charge in [-0.25, -0.2) is 0 Å².